The summed E-state index contributed by atoms with van der Waals surface area (Å²) in [5, 5.41) is 7.84. The van der Waals surface area contributed by atoms with Crippen LogP contribution < -0.4 is 0 Å². The first-order valence-electron chi connectivity index (χ1n) is 10.6. The Hall–Kier alpha value is -1.99. The Morgan fingerprint density at radius 3 is 2.96 bits per heavy atom. The lowest BCUT2D eigenvalue weighted by molar-refractivity contribution is -0.0703. The van der Waals surface area contributed by atoms with Crippen molar-refractivity contribution < 1.29 is 4.79 Å². The number of nitrogens with one attached hydrogen (secondary N) is 1. The molecule has 0 aliphatic carbocycles. The van der Waals surface area contributed by atoms with E-state index in [2.05, 4.69) is 44.0 Å². The fourth-order valence-corrected chi connectivity index (χ4v) is 5.81. The molecule has 1 N–H and O–H groups in total. The van der Waals surface area contributed by atoms with Crippen molar-refractivity contribution >= 4 is 16.9 Å². The molecule has 5 rings (SSSR count). The molecule has 2 aromatic heterocycles. The molecule has 5 heterocycles. The van der Waals surface area contributed by atoms with Crippen molar-refractivity contribution in [3.8, 4) is 0 Å². The number of hydrogen-bond donors (Lipinski definition) is 1. The molecule has 7 nitrogen and oxygen atoms in total. The number of aromatic amines is 1. The molecule has 1 amide bonds. The van der Waals surface area contributed by atoms with Gasteiger partial charge in [-0.1, -0.05) is 6.42 Å². The average Bonchev–Trinajstić information content (AvgIpc) is 3.18. The van der Waals surface area contributed by atoms with Crippen LogP contribution in [0.1, 0.15) is 36.2 Å². The molecule has 2 bridgehead atoms. The number of likely N-dealkylation sites (N-methyl/N-ethyl adjacent to an activating group) is 1. The molecule has 0 unspecified atom stereocenters. The van der Waals surface area contributed by atoms with E-state index >= 15 is 0 Å². The number of hydrogen-bond acceptors (Lipinski definition) is 5. The summed E-state index contributed by atoms with van der Waals surface area (Å²) in [6.45, 7) is 4.02. The van der Waals surface area contributed by atoms with Crippen LogP contribution in [-0.4, -0.2) is 88.1 Å². The monoisotopic (exact) mass is 382 g/mol. The number of H-pyrrole nitrogens is 1. The minimum Gasteiger partial charge on any atom is -0.337 e. The van der Waals surface area contributed by atoms with E-state index < -0.39 is 0 Å². The number of likely N-dealkylation sites (tertiary alicyclic amines) is 1. The number of amides is 1. The van der Waals surface area contributed by atoms with Gasteiger partial charge in [-0.25, -0.2) is 4.98 Å². The molecule has 0 aromatic carbocycles. The van der Waals surface area contributed by atoms with Gasteiger partial charge in [-0.2, -0.15) is 5.10 Å². The molecule has 3 aliphatic heterocycles. The molecule has 150 valence electrons. The number of carbonyl (C=O) groups is 1. The first-order chi connectivity index (χ1) is 13.6. The van der Waals surface area contributed by atoms with E-state index in [-0.39, 0.29) is 5.91 Å². The topological polar surface area (TPSA) is 68.4 Å². The fraction of sp³-hybridized carbons (Fsp3) is 0.667. The molecular weight excluding hydrogens is 352 g/mol. The maximum atomic E-state index is 13.3. The van der Waals surface area contributed by atoms with Gasteiger partial charge in [0.05, 0.1) is 6.20 Å². The quantitative estimate of drug-likeness (QED) is 0.877. The number of carbonyl (C=O) groups excluding carboxylic acids is 1. The summed E-state index contributed by atoms with van der Waals surface area (Å²) >= 11 is 0. The lowest BCUT2D eigenvalue weighted by Gasteiger charge is -2.57. The van der Waals surface area contributed by atoms with Crippen LogP contribution in [0.4, 0.5) is 0 Å². The van der Waals surface area contributed by atoms with Crippen molar-refractivity contribution in [3.05, 3.63) is 24.0 Å². The van der Waals surface area contributed by atoms with Gasteiger partial charge in [-0.05, 0) is 63.9 Å². The molecule has 2 aromatic rings. The van der Waals surface area contributed by atoms with Gasteiger partial charge in [0.1, 0.15) is 5.69 Å². The van der Waals surface area contributed by atoms with Crippen LogP contribution >= 0.6 is 0 Å². The third kappa shape index (κ3) is 3.10. The molecule has 0 spiro atoms. The Bertz CT molecular complexity index is 863. The maximum Gasteiger partial charge on any atom is 0.272 e. The third-order valence-electron chi connectivity index (χ3n) is 6.98. The molecule has 3 saturated heterocycles. The van der Waals surface area contributed by atoms with Gasteiger partial charge in [0.15, 0.2) is 5.65 Å². The average molecular weight is 383 g/mol. The highest BCUT2D eigenvalue weighted by Gasteiger charge is 2.48. The van der Waals surface area contributed by atoms with Gasteiger partial charge >= 0.3 is 0 Å². The minimum absolute atomic E-state index is 0.0686. The zero-order valence-corrected chi connectivity index (χ0v) is 16.8. The Labute approximate surface area is 166 Å². The summed E-state index contributed by atoms with van der Waals surface area (Å²) in [7, 11) is 4.33. The predicted octanol–water partition coefficient (Wildman–Crippen LogP) is 1.83. The molecule has 4 atom stereocenters. The standard InChI is InChI=1S/C21H30N6O/c1-25(2)13-19-16-9-15(18-5-3-4-8-27(18)19)11-26(12-16)21(28)17-7-6-14-10-22-24-20(14)23-17/h6-7,10,15-16,18-19H,3-5,8-9,11-13H2,1-2H3,(H,22,23,24)/t15-,16+,18+,19+/m1/s1. The first kappa shape index (κ1) is 18.1. The number of fused-ring (bicyclic) bond motifs is 5. The number of piperidine rings is 3. The maximum absolute atomic E-state index is 13.3. The summed E-state index contributed by atoms with van der Waals surface area (Å²) in [6, 6.07) is 4.96. The van der Waals surface area contributed by atoms with Crippen molar-refractivity contribution in [3.63, 3.8) is 0 Å². The number of nitrogens with zero attached hydrogens (tertiary/aromatic N) is 5. The predicted molar refractivity (Wildman–Crippen MR) is 108 cm³/mol. The molecule has 0 saturated carbocycles. The van der Waals surface area contributed by atoms with Gasteiger partial charge in [0.25, 0.3) is 5.91 Å². The Morgan fingerprint density at radius 1 is 1.25 bits per heavy atom. The SMILES string of the molecule is CN(C)C[C@H]1[C@H]2C[C@H](CN(C(=O)c3ccc4cn[nH]c4n3)C2)[C@@H]2CCCCN21. The van der Waals surface area contributed by atoms with Crippen LogP contribution in [0.5, 0.6) is 0 Å². The zero-order valence-electron chi connectivity index (χ0n) is 16.8. The minimum atomic E-state index is 0.0686. The van der Waals surface area contributed by atoms with Crippen molar-refractivity contribution in [2.24, 2.45) is 11.8 Å². The molecular formula is C21H30N6O. The number of rotatable bonds is 3. The van der Waals surface area contributed by atoms with Gasteiger partial charge in [0, 0.05) is 37.1 Å². The van der Waals surface area contributed by atoms with Gasteiger partial charge < -0.3 is 9.80 Å². The lowest BCUT2D eigenvalue weighted by Crippen LogP contribution is -2.65. The molecule has 3 fully saturated rings. The van der Waals surface area contributed by atoms with Gasteiger partial charge in [-0.3, -0.25) is 14.8 Å². The molecule has 0 radical (unpaired) electrons. The van der Waals surface area contributed by atoms with E-state index in [1.165, 1.54) is 32.2 Å². The number of pyridine rings is 1. The summed E-state index contributed by atoms with van der Waals surface area (Å²) in [5.74, 6) is 1.21. The summed E-state index contributed by atoms with van der Waals surface area (Å²) in [4.78, 5) is 25.0. The van der Waals surface area contributed by atoms with Crippen molar-refractivity contribution in [1.29, 1.82) is 0 Å². The highest BCUT2D eigenvalue weighted by atomic mass is 16.2. The van der Waals surface area contributed by atoms with E-state index in [1.54, 1.807) is 6.20 Å². The van der Waals surface area contributed by atoms with Crippen LogP contribution in [0.2, 0.25) is 0 Å². The van der Waals surface area contributed by atoms with Crippen LogP contribution in [-0.2, 0) is 0 Å². The Kier molecular flexibility index (Phi) is 4.59. The fourth-order valence-electron chi connectivity index (χ4n) is 5.81. The Morgan fingerprint density at radius 2 is 2.11 bits per heavy atom. The van der Waals surface area contributed by atoms with Gasteiger partial charge in [0.2, 0.25) is 0 Å². The number of aromatic nitrogens is 3. The molecule has 3 aliphatic rings. The van der Waals surface area contributed by atoms with Crippen LogP contribution in [0.3, 0.4) is 0 Å². The van der Waals surface area contributed by atoms with E-state index in [9.17, 15) is 4.79 Å². The summed E-state index contributed by atoms with van der Waals surface area (Å²) in [6.07, 6.45) is 6.92. The zero-order chi connectivity index (χ0) is 19.3. The van der Waals surface area contributed by atoms with Crippen LogP contribution in [0, 0.1) is 11.8 Å². The van der Waals surface area contributed by atoms with Crippen LogP contribution in [0.15, 0.2) is 18.3 Å². The van der Waals surface area contributed by atoms with E-state index in [1.807, 2.05) is 12.1 Å². The second-order valence-electron chi connectivity index (χ2n) is 9.10. The Balaban J connectivity index is 1.41. The smallest absolute Gasteiger partial charge is 0.272 e. The summed E-state index contributed by atoms with van der Waals surface area (Å²) < 4.78 is 0. The van der Waals surface area contributed by atoms with E-state index in [0.29, 0.717) is 35.3 Å². The van der Waals surface area contributed by atoms with E-state index in [4.69, 9.17) is 0 Å². The normalized spacial score (nSPS) is 30.6. The lowest BCUT2D eigenvalue weighted by atomic mass is 9.72. The third-order valence-corrected chi connectivity index (χ3v) is 6.98. The highest BCUT2D eigenvalue weighted by Crippen LogP contribution is 2.41. The van der Waals surface area contributed by atoms with Crippen molar-refractivity contribution in [1.82, 2.24) is 29.9 Å². The molecule has 28 heavy (non-hydrogen) atoms. The van der Waals surface area contributed by atoms with Gasteiger partial charge in [-0.15, -0.1) is 0 Å². The largest absolute Gasteiger partial charge is 0.337 e. The highest BCUT2D eigenvalue weighted by molar-refractivity contribution is 5.94. The summed E-state index contributed by atoms with van der Waals surface area (Å²) in [5.41, 5.74) is 1.22. The van der Waals surface area contributed by atoms with E-state index in [0.717, 1.165) is 25.0 Å². The van der Waals surface area contributed by atoms with Crippen LogP contribution in [0.25, 0.3) is 11.0 Å². The second-order valence-corrected chi connectivity index (χ2v) is 9.10. The molecule has 7 heteroatoms. The first-order valence-corrected chi connectivity index (χ1v) is 10.6. The van der Waals surface area contributed by atoms with Crippen molar-refractivity contribution in [2.45, 2.75) is 37.8 Å². The second kappa shape index (κ2) is 7.12. The van der Waals surface area contributed by atoms with Crippen molar-refractivity contribution in [2.75, 3.05) is 40.3 Å².